The standard InChI is InChI=1S/C23H49NO/c1-4-6-8-10-12-14-16-18-20-23(22-24(3)25)21-19-17-15-13-11-9-7-5-2/h23,25H,4-22H2,1-3H3. The first-order valence-corrected chi connectivity index (χ1v) is 11.6. The molecule has 2 nitrogen and oxygen atoms in total. The number of nitrogens with zero attached hydrogens (tertiary/aromatic N) is 1. The Morgan fingerprint density at radius 3 is 1.20 bits per heavy atom. The van der Waals surface area contributed by atoms with Crippen LogP contribution in [0.1, 0.15) is 129 Å². The number of hydrogen-bond acceptors (Lipinski definition) is 2. The fourth-order valence-corrected chi connectivity index (χ4v) is 3.83. The third-order valence-corrected chi connectivity index (χ3v) is 5.45. The topological polar surface area (TPSA) is 23.5 Å². The molecule has 0 aromatic heterocycles. The molecule has 152 valence electrons. The minimum atomic E-state index is 0.690. The smallest absolute Gasteiger partial charge is 0.0263 e. The zero-order chi connectivity index (χ0) is 18.6. The molecular weight excluding hydrogens is 306 g/mol. The van der Waals surface area contributed by atoms with Crippen molar-refractivity contribution in [2.75, 3.05) is 13.6 Å². The highest BCUT2D eigenvalue weighted by molar-refractivity contribution is 4.62. The summed E-state index contributed by atoms with van der Waals surface area (Å²) in [5.74, 6) is 0.690. The van der Waals surface area contributed by atoms with Crippen LogP contribution in [0.3, 0.4) is 0 Å². The second kappa shape index (κ2) is 20.2. The van der Waals surface area contributed by atoms with E-state index in [0.717, 1.165) is 6.54 Å². The number of hydroxylamine groups is 2. The third-order valence-electron chi connectivity index (χ3n) is 5.45. The molecule has 0 aliphatic heterocycles. The fraction of sp³-hybridized carbons (Fsp3) is 1.00. The maximum absolute atomic E-state index is 9.60. The molecule has 0 aromatic rings. The van der Waals surface area contributed by atoms with Gasteiger partial charge in [0.2, 0.25) is 0 Å². The van der Waals surface area contributed by atoms with E-state index in [2.05, 4.69) is 13.8 Å². The average Bonchev–Trinajstić information content (AvgIpc) is 2.58. The van der Waals surface area contributed by atoms with Gasteiger partial charge in [-0.1, -0.05) is 117 Å². The molecule has 0 rings (SSSR count). The predicted molar refractivity (Wildman–Crippen MR) is 112 cm³/mol. The second-order valence-electron chi connectivity index (χ2n) is 8.23. The zero-order valence-corrected chi connectivity index (χ0v) is 17.9. The van der Waals surface area contributed by atoms with E-state index in [0.29, 0.717) is 5.92 Å². The van der Waals surface area contributed by atoms with Crippen molar-refractivity contribution < 1.29 is 5.21 Å². The maximum atomic E-state index is 9.60. The molecule has 0 aliphatic rings. The van der Waals surface area contributed by atoms with Crippen LogP contribution < -0.4 is 0 Å². The monoisotopic (exact) mass is 355 g/mol. The highest BCUT2D eigenvalue weighted by Gasteiger charge is 2.10. The van der Waals surface area contributed by atoms with Crippen LogP contribution in [0.5, 0.6) is 0 Å². The molecular formula is C23H49NO. The first kappa shape index (κ1) is 24.9. The van der Waals surface area contributed by atoms with Gasteiger partial charge >= 0.3 is 0 Å². The molecule has 1 N–H and O–H groups in total. The van der Waals surface area contributed by atoms with Crippen LogP contribution in [0.4, 0.5) is 0 Å². The van der Waals surface area contributed by atoms with Crippen LogP contribution in [0.15, 0.2) is 0 Å². The van der Waals surface area contributed by atoms with Gasteiger partial charge in [0.15, 0.2) is 0 Å². The molecule has 0 spiro atoms. The molecule has 0 amide bonds. The largest absolute Gasteiger partial charge is 0.314 e. The van der Waals surface area contributed by atoms with Crippen molar-refractivity contribution in [3.63, 3.8) is 0 Å². The Balaban J connectivity index is 3.58. The normalized spacial score (nSPS) is 11.8. The average molecular weight is 356 g/mol. The van der Waals surface area contributed by atoms with Gasteiger partial charge in [-0.25, -0.2) is 0 Å². The highest BCUT2D eigenvalue weighted by atomic mass is 16.5. The summed E-state index contributed by atoms with van der Waals surface area (Å²) in [7, 11) is 1.80. The summed E-state index contributed by atoms with van der Waals surface area (Å²) in [4.78, 5) is 0. The molecule has 0 saturated carbocycles. The predicted octanol–water partition coefficient (Wildman–Crippen LogP) is 7.99. The molecule has 0 atom stereocenters. The molecule has 0 aromatic carbocycles. The van der Waals surface area contributed by atoms with Gasteiger partial charge in [-0.2, -0.15) is 5.06 Å². The first-order chi connectivity index (χ1) is 12.2. The van der Waals surface area contributed by atoms with Crippen LogP contribution >= 0.6 is 0 Å². The van der Waals surface area contributed by atoms with E-state index in [-0.39, 0.29) is 0 Å². The molecule has 0 radical (unpaired) electrons. The van der Waals surface area contributed by atoms with Gasteiger partial charge < -0.3 is 5.21 Å². The highest BCUT2D eigenvalue weighted by Crippen LogP contribution is 2.20. The van der Waals surface area contributed by atoms with Crippen molar-refractivity contribution in [2.45, 2.75) is 129 Å². The van der Waals surface area contributed by atoms with Gasteiger partial charge in [0, 0.05) is 13.6 Å². The summed E-state index contributed by atoms with van der Waals surface area (Å²) in [6.45, 7) is 5.42. The van der Waals surface area contributed by atoms with E-state index in [9.17, 15) is 5.21 Å². The van der Waals surface area contributed by atoms with Crippen LogP contribution in [-0.4, -0.2) is 23.9 Å². The van der Waals surface area contributed by atoms with E-state index in [1.54, 1.807) is 7.05 Å². The lowest BCUT2D eigenvalue weighted by Crippen LogP contribution is -2.22. The number of unbranched alkanes of at least 4 members (excludes halogenated alkanes) is 14. The van der Waals surface area contributed by atoms with E-state index >= 15 is 0 Å². The van der Waals surface area contributed by atoms with Crippen LogP contribution in [0.2, 0.25) is 0 Å². The number of hydrogen-bond donors (Lipinski definition) is 1. The lowest BCUT2D eigenvalue weighted by atomic mass is 9.94. The molecule has 0 unspecified atom stereocenters. The Labute approximate surface area is 159 Å². The maximum Gasteiger partial charge on any atom is 0.0263 e. The third kappa shape index (κ3) is 20.1. The molecule has 25 heavy (non-hydrogen) atoms. The van der Waals surface area contributed by atoms with Crippen molar-refractivity contribution in [3.05, 3.63) is 0 Å². The Kier molecular flexibility index (Phi) is 20.2. The Hall–Kier alpha value is -0.0800. The number of rotatable bonds is 20. The van der Waals surface area contributed by atoms with Crippen molar-refractivity contribution in [3.8, 4) is 0 Å². The van der Waals surface area contributed by atoms with Gasteiger partial charge in [-0.3, -0.25) is 0 Å². The quantitative estimate of drug-likeness (QED) is 0.177. The van der Waals surface area contributed by atoms with E-state index < -0.39 is 0 Å². The van der Waals surface area contributed by atoms with E-state index in [4.69, 9.17) is 0 Å². The van der Waals surface area contributed by atoms with E-state index in [1.165, 1.54) is 121 Å². The summed E-state index contributed by atoms with van der Waals surface area (Å²) < 4.78 is 0. The van der Waals surface area contributed by atoms with Crippen LogP contribution in [0, 0.1) is 5.92 Å². The first-order valence-electron chi connectivity index (χ1n) is 11.6. The minimum Gasteiger partial charge on any atom is -0.314 e. The second-order valence-corrected chi connectivity index (χ2v) is 8.23. The summed E-state index contributed by atoms with van der Waals surface area (Å²) in [5.41, 5.74) is 0. The van der Waals surface area contributed by atoms with Crippen molar-refractivity contribution >= 4 is 0 Å². The van der Waals surface area contributed by atoms with Crippen molar-refractivity contribution in [1.29, 1.82) is 0 Å². The Bertz CT molecular complexity index is 222. The summed E-state index contributed by atoms with van der Waals surface area (Å²) >= 11 is 0. The molecule has 0 saturated heterocycles. The Morgan fingerprint density at radius 2 is 0.880 bits per heavy atom. The van der Waals surface area contributed by atoms with Gasteiger partial charge in [0.05, 0.1) is 0 Å². The summed E-state index contributed by atoms with van der Waals surface area (Å²) in [6.07, 6.45) is 24.9. The van der Waals surface area contributed by atoms with Crippen molar-refractivity contribution in [2.24, 2.45) is 5.92 Å². The summed E-state index contributed by atoms with van der Waals surface area (Å²) in [6, 6.07) is 0. The SMILES string of the molecule is CCCCCCCCCCC(CCCCCCCCCC)CN(C)O. The minimum absolute atomic E-state index is 0.690. The fourth-order valence-electron chi connectivity index (χ4n) is 3.83. The van der Waals surface area contributed by atoms with Gasteiger partial charge in [0.25, 0.3) is 0 Å². The molecule has 0 fully saturated rings. The molecule has 0 heterocycles. The summed E-state index contributed by atoms with van der Waals surface area (Å²) in [5, 5.41) is 11.0. The molecule has 2 heteroatoms. The molecule has 0 bridgehead atoms. The van der Waals surface area contributed by atoms with Crippen LogP contribution in [-0.2, 0) is 0 Å². The zero-order valence-electron chi connectivity index (χ0n) is 17.9. The lowest BCUT2D eigenvalue weighted by molar-refractivity contribution is -0.0778. The molecule has 0 aliphatic carbocycles. The van der Waals surface area contributed by atoms with Gasteiger partial charge in [0.1, 0.15) is 0 Å². The Morgan fingerprint density at radius 1 is 0.560 bits per heavy atom. The lowest BCUT2D eigenvalue weighted by Gasteiger charge is -2.20. The van der Waals surface area contributed by atoms with Crippen LogP contribution in [0.25, 0.3) is 0 Å². The van der Waals surface area contributed by atoms with Gasteiger partial charge in [-0.05, 0) is 18.8 Å². The van der Waals surface area contributed by atoms with E-state index in [1.807, 2.05) is 0 Å². The van der Waals surface area contributed by atoms with Crippen molar-refractivity contribution in [1.82, 2.24) is 5.06 Å². The van der Waals surface area contributed by atoms with Gasteiger partial charge in [-0.15, -0.1) is 0 Å².